The molecule has 0 N–H and O–H groups in total. The zero-order chi connectivity index (χ0) is 14.8. The van der Waals surface area contributed by atoms with E-state index in [2.05, 4.69) is 20.2 Å². The molecule has 4 rings (SSSR count). The number of rotatable bonds is 2. The summed E-state index contributed by atoms with van der Waals surface area (Å²) in [5.74, 6) is 0. The smallest absolute Gasteiger partial charge is 0.116 e. The van der Waals surface area contributed by atoms with Crippen molar-refractivity contribution in [3.05, 3.63) is 83.8 Å². The van der Waals surface area contributed by atoms with E-state index in [9.17, 15) is 0 Å². The molecule has 0 spiro atoms. The van der Waals surface area contributed by atoms with Gasteiger partial charge in [0.05, 0.1) is 11.9 Å². The Morgan fingerprint density at radius 1 is 0.818 bits per heavy atom. The minimum atomic E-state index is 0.818. The largest absolute Gasteiger partial charge is 0.244 e. The number of benzene rings is 2. The monoisotopic (exact) mass is 284 g/mol. The molecule has 0 saturated carbocycles. The van der Waals surface area contributed by atoms with E-state index in [4.69, 9.17) is 0 Å². The van der Waals surface area contributed by atoms with Crippen molar-refractivity contribution in [1.82, 2.24) is 9.97 Å². The molecule has 1 aliphatic rings. The van der Waals surface area contributed by atoms with E-state index in [-0.39, 0.29) is 0 Å². The summed E-state index contributed by atoms with van der Waals surface area (Å²) in [4.78, 5) is 8.49. The molecule has 0 bridgehead atoms. The van der Waals surface area contributed by atoms with Crippen molar-refractivity contribution < 1.29 is 0 Å². The third-order valence-electron chi connectivity index (χ3n) is 3.57. The molecule has 0 aliphatic heterocycles. The van der Waals surface area contributed by atoms with Gasteiger partial charge in [-0.3, -0.25) is 0 Å². The second-order valence-electron chi connectivity index (χ2n) is 4.93. The number of hydrogen-bond donors (Lipinski definition) is 0. The van der Waals surface area contributed by atoms with Gasteiger partial charge in [-0.15, -0.1) is 5.10 Å². The van der Waals surface area contributed by atoms with Gasteiger partial charge < -0.3 is 0 Å². The van der Waals surface area contributed by atoms with Gasteiger partial charge >= 0.3 is 0 Å². The Hall–Kier alpha value is -3.14. The first-order chi connectivity index (χ1) is 10.9. The first-order valence-electron chi connectivity index (χ1n) is 7.00. The van der Waals surface area contributed by atoms with Crippen molar-refractivity contribution >= 4 is 11.9 Å². The second kappa shape index (κ2) is 5.33. The van der Waals surface area contributed by atoms with Crippen molar-refractivity contribution in [1.29, 1.82) is 0 Å². The molecule has 0 amide bonds. The maximum absolute atomic E-state index is 4.41. The third kappa shape index (κ3) is 2.11. The maximum Gasteiger partial charge on any atom is 0.116 e. The van der Waals surface area contributed by atoms with Gasteiger partial charge in [0, 0.05) is 22.9 Å². The van der Waals surface area contributed by atoms with Gasteiger partial charge in [-0.05, 0) is 5.56 Å². The molecule has 0 saturated heterocycles. The highest BCUT2D eigenvalue weighted by Crippen LogP contribution is 2.34. The minimum Gasteiger partial charge on any atom is -0.244 e. The normalized spacial score (nSPS) is 14.3. The van der Waals surface area contributed by atoms with Gasteiger partial charge in [0.1, 0.15) is 12.0 Å². The fraction of sp³-hybridized carbons (Fsp3) is 0. The Balaban J connectivity index is 1.78. The van der Waals surface area contributed by atoms with Crippen LogP contribution in [-0.2, 0) is 0 Å². The van der Waals surface area contributed by atoms with E-state index < -0.39 is 0 Å². The Labute approximate surface area is 127 Å². The molecular formula is C18H12N4. The standard InChI is InChI=1S/C18H12N4/c1-2-6-13(7-3-1)10-21-22-18-15-9-5-4-8-14(15)17-16(18)11-19-12-20-17/h1-12H/b21-10+,22-18-. The highest BCUT2D eigenvalue weighted by Gasteiger charge is 2.25. The molecule has 1 heterocycles. The van der Waals surface area contributed by atoms with E-state index in [1.807, 2.05) is 54.6 Å². The van der Waals surface area contributed by atoms with Crippen LogP contribution in [0.1, 0.15) is 16.7 Å². The zero-order valence-corrected chi connectivity index (χ0v) is 11.7. The van der Waals surface area contributed by atoms with Crippen LogP contribution < -0.4 is 0 Å². The predicted octanol–water partition coefficient (Wildman–Crippen LogP) is 3.33. The highest BCUT2D eigenvalue weighted by molar-refractivity contribution is 6.23. The fourth-order valence-corrected chi connectivity index (χ4v) is 2.56. The van der Waals surface area contributed by atoms with Crippen LogP contribution in [0.25, 0.3) is 11.3 Å². The van der Waals surface area contributed by atoms with Crippen LogP contribution in [-0.4, -0.2) is 21.9 Å². The van der Waals surface area contributed by atoms with Crippen molar-refractivity contribution in [2.45, 2.75) is 0 Å². The Morgan fingerprint density at radius 3 is 2.45 bits per heavy atom. The first kappa shape index (κ1) is 12.6. The van der Waals surface area contributed by atoms with Crippen LogP contribution in [0.5, 0.6) is 0 Å². The lowest BCUT2D eigenvalue weighted by Crippen LogP contribution is -1.98. The van der Waals surface area contributed by atoms with Crippen molar-refractivity contribution in [3.63, 3.8) is 0 Å². The van der Waals surface area contributed by atoms with Gasteiger partial charge in [-0.1, -0.05) is 54.6 Å². The van der Waals surface area contributed by atoms with Crippen LogP contribution in [0.4, 0.5) is 0 Å². The quantitative estimate of drug-likeness (QED) is 0.419. The van der Waals surface area contributed by atoms with E-state index in [0.717, 1.165) is 33.7 Å². The van der Waals surface area contributed by atoms with Crippen LogP contribution >= 0.6 is 0 Å². The van der Waals surface area contributed by atoms with Gasteiger partial charge in [-0.2, -0.15) is 5.10 Å². The Morgan fingerprint density at radius 2 is 1.59 bits per heavy atom. The number of nitrogens with zero attached hydrogens (tertiary/aromatic N) is 4. The van der Waals surface area contributed by atoms with Crippen LogP contribution in [0.2, 0.25) is 0 Å². The summed E-state index contributed by atoms with van der Waals surface area (Å²) in [7, 11) is 0. The second-order valence-corrected chi connectivity index (χ2v) is 4.93. The minimum absolute atomic E-state index is 0.818. The van der Waals surface area contributed by atoms with Gasteiger partial charge in [0.15, 0.2) is 0 Å². The van der Waals surface area contributed by atoms with Crippen molar-refractivity contribution in [2.75, 3.05) is 0 Å². The van der Waals surface area contributed by atoms with Crippen LogP contribution in [0, 0.1) is 0 Å². The average molecular weight is 284 g/mol. The lowest BCUT2D eigenvalue weighted by Gasteiger charge is -1.97. The van der Waals surface area contributed by atoms with E-state index >= 15 is 0 Å². The molecule has 1 aromatic heterocycles. The zero-order valence-electron chi connectivity index (χ0n) is 11.7. The van der Waals surface area contributed by atoms with Crippen LogP contribution in [0.3, 0.4) is 0 Å². The molecule has 0 atom stereocenters. The average Bonchev–Trinajstić information content (AvgIpc) is 2.91. The molecule has 0 unspecified atom stereocenters. The van der Waals surface area contributed by atoms with Crippen molar-refractivity contribution in [2.24, 2.45) is 10.2 Å². The Kier molecular flexibility index (Phi) is 3.05. The number of fused-ring (bicyclic) bond motifs is 3. The predicted molar refractivity (Wildman–Crippen MR) is 87.1 cm³/mol. The van der Waals surface area contributed by atoms with E-state index in [1.54, 1.807) is 18.7 Å². The summed E-state index contributed by atoms with van der Waals surface area (Å²) in [6, 6.07) is 18.0. The maximum atomic E-state index is 4.41. The summed E-state index contributed by atoms with van der Waals surface area (Å²) < 4.78 is 0. The molecule has 0 fully saturated rings. The molecule has 3 aromatic rings. The fourth-order valence-electron chi connectivity index (χ4n) is 2.56. The molecule has 22 heavy (non-hydrogen) atoms. The summed E-state index contributed by atoms with van der Waals surface area (Å²) in [6.07, 6.45) is 5.10. The van der Waals surface area contributed by atoms with E-state index in [1.165, 1.54) is 0 Å². The lowest BCUT2D eigenvalue weighted by atomic mass is 10.1. The summed E-state index contributed by atoms with van der Waals surface area (Å²) in [5, 5.41) is 8.64. The molecule has 0 radical (unpaired) electrons. The van der Waals surface area contributed by atoms with Crippen LogP contribution in [0.15, 0.2) is 77.3 Å². The molecule has 1 aliphatic carbocycles. The molecule has 4 nitrogen and oxygen atoms in total. The van der Waals surface area contributed by atoms with Gasteiger partial charge in [-0.25, -0.2) is 9.97 Å². The third-order valence-corrected chi connectivity index (χ3v) is 3.57. The summed E-state index contributed by atoms with van der Waals surface area (Å²) in [6.45, 7) is 0. The topological polar surface area (TPSA) is 50.5 Å². The summed E-state index contributed by atoms with van der Waals surface area (Å²) >= 11 is 0. The molecule has 2 aromatic carbocycles. The van der Waals surface area contributed by atoms with Crippen molar-refractivity contribution in [3.8, 4) is 11.3 Å². The number of aromatic nitrogens is 2. The molecular weight excluding hydrogens is 272 g/mol. The first-order valence-corrected chi connectivity index (χ1v) is 7.00. The van der Waals surface area contributed by atoms with Gasteiger partial charge in [0.2, 0.25) is 0 Å². The Bertz CT molecular complexity index is 835. The SMILES string of the molecule is C(=N\N=C1\c2ccccc2-c2ncncc21)/c1ccccc1. The molecule has 4 heteroatoms. The number of hydrogen-bond acceptors (Lipinski definition) is 4. The molecule has 104 valence electrons. The van der Waals surface area contributed by atoms with Gasteiger partial charge in [0.25, 0.3) is 0 Å². The highest BCUT2D eigenvalue weighted by atomic mass is 15.2. The van der Waals surface area contributed by atoms with E-state index in [0.29, 0.717) is 0 Å². The lowest BCUT2D eigenvalue weighted by molar-refractivity contribution is 1.17. The summed E-state index contributed by atoms with van der Waals surface area (Å²) in [5.41, 5.74) is 5.80.